The predicted octanol–water partition coefficient (Wildman–Crippen LogP) is 3.52. The molecule has 1 aliphatic carbocycles. The third kappa shape index (κ3) is 4.38. The van der Waals surface area contributed by atoms with Crippen LogP contribution in [-0.4, -0.2) is 26.6 Å². The van der Waals surface area contributed by atoms with E-state index in [1.807, 2.05) is 19.9 Å². The van der Waals surface area contributed by atoms with Gasteiger partial charge in [-0.1, -0.05) is 30.3 Å². The first-order valence-electron chi connectivity index (χ1n) is 9.65. The number of amides is 1. The summed E-state index contributed by atoms with van der Waals surface area (Å²) >= 11 is 0. The summed E-state index contributed by atoms with van der Waals surface area (Å²) in [5, 5.41) is 2.98. The van der Waals surface area contributed by atoms with Gasteiger partial charge < -0.3 is 5.32 Å². The average molecular weight is 401 g/mol. The zero-order valence-electron chi connectivity index (χ0n) is 16.9. The van der Waals surface area contributed by atoms with Gasteiger partial charge in [-0.05, 0) is 74.4 Å². The van der Waals surface area contributed by atoms with Crippen molar-refractivity contribution in [2.45, 2.75) is 52.1 Å². The molecule has 2 atom stereocenters. The predicted molar refractivity (Wildman–Crippen MR) is 113 cm³/mol. The second-order valence-corrected chi connectivity index (χ2v) is 9.55. The second kappa shape index (κ2) is 7.95. The number of nitrogens with one attached hydrogen (secondary N) is 1. The Morgan fingerprint density at radius 3 is 2.46 bits per heavy atom. The zero-order valence-corrected chi connectivity index (χ0v) is 17.7. The van der Waals surface area contributed by atoms with E-state index in [-0.39, 0.29) is 11.9 Å². The molecular formula is C22H28N2O3S. The highest BCUT2D eigenvalue weighted by atomic mass is 32.2. The first kappa shape index (κ1) is 20.4. The molecule has 0 unspecified atom stereocenters. The van der Waals surface area contributed by atoms with E-state index in [9.17, 15) is 13.2 Å². The topological polar surface area (TPSA) is 66.5 Å². The molecule has 0 aliphatic heterocycles. The first-order chi connectivity index (χ1) is 13.2. The first-order valence-corrected chi connectivity index (χ1v) is 11.5. The number of anilines is 1. The van der Waals surface area contributed by atoms with Crippen molar-refractivity contribution in [2.75, 3.05) is 10.6 Å². The summed E-state index contributed by atoms with van der Waals surface area (Å²) in [6.45, 7) is 5.44. The van der Waals surface area contributed by atoms with Crippen LogP contribution in [0, 0.1) is 6.92 Å². The highest BCUT2D eigenvalue weighted by molar-refractivity contribution is 7.92. The molecule has 1 N–H and O–H groups in total. The van der Waals surface area contributed by atoms with Crippen molar-refractivity contribution >= 4 is 21.6 Å². The largest absolute Gasteiger partial charge is 0.348 e. The Balaban J connectivity index is 1.79. The van der Waals surface area contributed by atoms with Gasteiger partial charge in [0.05, 0.1) is 18.0 Å². The lowest BCUT2D eigenvalue weighted by atomic mass is 10.0. The third-order valence-corrected chi connectivity index (χ3v) is 6.57. The Bertz CT molecular complexity index is 985. The monoisotopic (exact) mass is 400 g/mol. The Labute approximate surface area is 167 Å². The molecular weight excluding hydrogens is 372 g/mol. The van der Waals surface area contributed by atoms with Crippen LogP contribution in [0.15, 0.2) is 42.5 Å². The fourth-order valence-electron chi connectivity index (χ4n) is 3.85. The SMILES string of the molecule is Cc1cccc(N([C@H](C)C(=O)N[C@@H](C)c2ccc3c(c2)CCC3)S(C)(=O)=O)c1. The number of sulfonamides is 1. The quantitative estimate of drug-likeness (QED) is 0.807. The highest BCUT2D eigenvalue weighted by Gasteiger charge is 2.30. The van der Waals surface area contributed by atoms with E-state index >= 15 is 0 Å². The minimum Gasteiger partial charge on any atom is -0.348 e. The molecule has 0 heterocycles. The van der Waals surface area contributed by atoms with Gasteiger partial charge in [-0.2, -0.15) is 0 Å². The summed E-state index contributed by atoms with van der Waals surface area (Å²) in [4.78, 5) is 12.9. The number of hydrogen-bond acceptors (Lipinski definition) is 3. The number of hydrogen-bond donors (Lipinski definition) is 1. The van der Waals surface area contributed by atoms with Crippen molar-refractivity contribution in [1.82, 2.24) is 5.32 Å². The van der Waals surface area contributed by atoms with Gasteiger partial charge in [-0.15, -0.1) is 0 Å². The number of carbonyl (C=O) groups excluding carboxylic acids is 1. The maximum atomic E-state index is 12.9. The van der Waals surface area contributed by atoms with E-state index < -0.39 is 16.1 Å². The summed E-state index contributed by atoms with van der Waals surface area (Å²) in [6, 6.07) is 12.5. The van der Waals surface area contributed by atoms with E-state index in [2.05, 4.69) is 23.5 Å². The van der Waals surface area contributed by atoms with Gasteiger partial charge in [-0.3, -0.25) is 9.10 Å². The summed E-state index contributed by atoms with van der Waals surface area (Å²) < 4.78 is 26.0. The van der Waals surface area contributed by atoms with Crippen molar-refractivity contribution in [2.24, 2.45) is 0 Å². The molecule has 1 aliphatic rings. The molecule has 2 aromatic carbocycles. The van der Waals surface area contributed by atoms with Crippen LogP contribution >= 0.6 is 0 Å². The van der Waals surface area contributed by atoms with Crippen molar-refractivity contribution < 1.29 is 13.2 Å². The van der Waals surface area contributed by atoms with Gasteiger partial charge in [0.25, 0.3) is 0 Å². The fourth-order valence-corrected chi connectivity index (χ4v) is 5.02. The molecule has 0 saturated heterocycles. The van der Waals surface area contributed by atoms with Gasteiger partial charge in [0, 0.05) is 0 Å². The molecule has 0 fully saturated rings. The van der Waals surface area contributed by atoms with E-state index in [0.29, 0.717) is 5.69 Å². The molecule has 6 heteroatoms. The molecule has 150 valence electrons. The number of carbonyl (C=O) groups is 1. The van der Waals surface area contributed by atoms with Gasteiger partial charge >= 0.3 is 0 Å². The van der Waals surface area contributed by atoms with Crippen LogP contribution in [-0.2, 0) is 27.7 Å². The summed E-state index contributed by atoms with van der Waals surface area (Å²) in [5.74, 6) is -0.320. The van der Waals surface area contributed by atoms with Crippen LogP contribution < -0.4 is 9.62 Å². The number of nitrogens with zero attached hydrogens (tertiary/aromatic N) is 1. The molecule has 0 saturated carbocycles. The minimum absolute atomic E-state index is 0.195. The lowest BCUT2D eigenvalue weighted by molar-refractivity contribution is -0.122. The van der Waals surface area contributed by atoms with Crippen molar-refractivity contribution in [3.8, 4) is 0 Å². The van der Waals surface area contributed by atoms with Crippen LogP contribution in [0.2, 0.25) is 0 Å². The number of fused-ring (bicyclic) bond motifs is 1. The van der Waals surface area contributed by atoms with E-state index in [0.717, 1.165) is 30.2 Å². The molecule has 2 aromatic rings. The molecule has 3 rings (SSSR count). The van der Waals surface area contributed by atoms with Crippen LogP contribution in [0.4, 0.5) is 5.69 Å². The Morgan fingerprint density at radius 2 is 1.79 bits per heavy atom. The van der Waals surface area contributed by atoms with Gasteiger partial charge in [-0.25, -0.2) is 8.42 Å². The molecule has 0 bridgehead atoms. The molecule has 5 nitrogen and oxygen atoms in total. The van der Waals surface area contributed by atoms with Crippen molar-refractivity contribution in [3.63, 3.8) is 0 Å². The number of benzene rings is 2. The fraction of sp³-hybridized carbons (Fsp3) is 0.409. The molecule has 0 aromatic heterocycles. The van der Waals surface area contributed by atoms with Crippen LogP contribution in [0.1, 0.15) is 48.6 Å². The van der Waals surface area contributed by atoms with Gasteiger partial charge in [0.1, 0.15) is 6.04 Å². The Morgan fingerprint density at radius 1 is 1.07 bits per heavy atom. The molecule has 1 amide bonds. The number of aryl methyl sites for hydroxylation is 3. The standard InChI is InChI=1S/C22H28N2O3S/c1-15-7-5-10-21(13-15)24(28(4,26)27)17(3)22(25)23-16(2)19-12-11-18-8-6-9-20(18)14-19/h5,7,10-14,16-17H,6,8-9H2,1-4H3,(H,23,25)/t16-,17+/m0/s1. The number of rotatable bonds is 6. The molecule has 0 radical (unpaired) electrons. The van der Waals surface area contributed by atoms with Crippen LogP contribution in [0.25, 0.3) is 0 Å². The summed E-state index contributed by atoms with van der Waals surface area (Å²) in [7, 11) is -3.61. The van der Waals surface area contributed by atoms with E-state index in [1.54, 1.807) is 25.1 Å². The second-order valence-electron chi connectivity index (χ2n) is 7.69. The van der Waals surface area contributed by atoms with E-state index in [4.69, 9.17) is 0 Å². The average Bonchev–Trinajstić information content (AvgIpc) is 3.08. The summed E-state index contributed by atoms with van der Waals surface area (Å²) in [6.07, 6.45) is 4.50. The van der Waals surface area contributed by atoms with E-state index in [1.165, 1.54) is 21.9 Å². The minimum atomic E-state index is -3.61. The van der Waals surface area contributed by atoms with Crippen LogP contribution in [0.3, 0.4) is 0 Å². The van der Waals surface area contributed by atoms with Gasteiger partial charge in [0.2, 0.25) is 15.9 Å². The highest BCUT2D eigenvalue weighted by Crippen LogP contribution is 2.26. The van der Waals surface area contributed by atoms with Gasteiger partial charge in [0.15, 0.2) is 0 Å². The summed E-state index contributed by atoms with van der Waals surface area (Å²) in [5.41, 5.74) is 5.21. The van der Waals surface area contributed by atoms with Crippen molar-refractivity contribution in [1.29, 1.82) is 0 Å². The lowest BCUT2D eigenvalue weighted by Gasteiger charge is -2.29. The maximum Gasteiger partial charge on any atom is 0.244 e. The normalized spacial score (nSPS) is 15.6. The smallest absolute Gasteiger partial charge is 0.244 e. The molecule has 28 heavy (non-hydrogen) atoms. The Hall–Kier alpha value is -2.34. The maximum absolute atomic E-state index is 12.9. The lowest BCUT2D eigenvalue weighted by Crippen LogP contribution is -2.48. The zero-order chi connectivity index (χ0) is 20.5. The Kier molecular flexibility index (Phi) is 5.79. The third-order valence-electron chi connectivity index (χ3n) is 5.33. The molecule has 0 spiro atoms. The van der Waals surface area contributed by atoms with Crippen molar-refractivity contribution in [3.05, 3.63) is 64.7 Å². The van der Waals surface area contributed by atoms with Crippen LogP contribution in [0.5, 0.6) is 0 Å².